The van der Waals surface area contributed by atoms with E-state index < -0.39 is 0 Å². The summed E-state index contributed by atoms with van der Waals surface area (Å²) in [5.74, 6) is 2.88. The summed E-state index contributed by atoms with van der Waals surface area (Å²) >= 11 is 0. The summed E-state index contributed by atoms with van der Waals surface area (Å²) in [5.41, 5.74) is 5.36. The third-order valence-corrected chi connectivity index (χ3v) is 5.54. The number of nitrogens with two attached hydrogens (primary N) is 1. The van der Waals surface area contributed by atoms with Crippen LogP contribution < -0.4 is 11.1 Å². The molecule has 0 atom stereocenters. The molecule has 4 rings (SSSR count). The van der Waals surface area contributed by atoms with E-state index >= 15 is 0 Å². The van der Waals surface area contributed by atoms with Crippen molar-refractivity contribution in [2.24, 2.45) is 34.1 Å². The standard InChI is InChI=1S/C15H25N3O2/c16-13(18-20)2-1-3-17-14(19)15-7-10-4-11(8-15)6-12(5-10)9-15/h10-12,20H,1-9H2,(H2,16,18)(H,17,19). The number of hydrogen-bond acceptors (Lipinski definition) is 3. The van der Waals surface area contributed by atoms with Crippen LogP contribution in [0.25, 0.3) is 0 Å². The van der Waals surface area contributed by atoms with Gasteiger partial charge in [-0.1, -0.05) is 5.16 Å². The van der Waals surface area contributed by atoms with Gasteiger partial charge < -0.3 is 16.3 Å². The Hall–Kier alpha value is -1.26. The lowest BCUT2D eigenvalue weighted by Gasteiger charge is -2.55. The summed E-state index contributed by atoms with van der Waals surface area (Å²) < 4.78 is 0. The van der Waals surface area contributed by atoms with Crippen LogP contribution in [0.3, 0.4) is 0 Å². The van der Waals surface area contributed by atoms with Gasteiger partial charge in [-0.2, -0.15) is 0 Å². The van der Waals surface area contributed by atoms with Crippen molar-refractivity contribution in [3.8, 4) is 0 Å². The first-order valence-corrected chi connectivity index (χ1v) is 7.86. The fourth-order valence-corrected chi connectivity index (χ4v) is 5.10. The lowest BCUT2D eigenvalue weighted by Crippen LogP contribution is -2.53. The molecule has 4 aliphatic carbocycles. The van der Waals surface area contributed by atoms with E-state index in [1.807, 2.05) is 0 Å². The van der Waals surface area contributed by atoms with Crippen LogP contribution in [0.15, 0.2) is 5.16 Å². The molecule has 0 spiro atoms. The lowest BCUT2D eigenvalue weighted by atomic mass is 9.49. The fourth-order valence-electron chi connectivity index (χ4n) is 5.10. The molecular formula is C15H25N3O2. The Kier molecular flexibility index (Phi) is 3.61. The average Bonchev–Trinajstić information content (AvgIpc) is 2.41. The number of carbonyl (C=O) groups is 1. The molecule has 0 aromatic carbocycles. The third kappa shape index (κ3) is 2.50. The second-order valence-corrected chi connectivity index (χ2v) is 7.15. The molecule has 4 saturated carbocycles. The van der Waals surface area contributed by atoms with E-state index in [-0.39, 0.29) is 17.2 Å². The van der Waals surface area contributed by atoms with Crippen LogP contribution in [-0.2, 0) is 4.79 Å². The zero-order valence-corrected chi connectivity index (χ0v) is 12.0. The summed E-state index contributed by atoms with van der Waals surface area (Å²) in [5, 5.41) is 14.5. The smallest absolute Gasteiger partial charge is 0.226 e. The lowest BCUT2D eigenvalue weighted by molar-refractivity contribution is -0.146. The molecule has 20 heavy (non-hydrogen) atoms. The highest BCUT2D eigenvalue weighted by Gasteiger charge is 2.54. The Morgan fingerprint density at radius 2 is 1.75 bits per heavy atom. The van der Waals surface area contributed by atoms with Crippen LogP contribution in [0.5, 0.6) is 0 Å². The minimum atomic E-state index is -0.0641. The van der Waals surface area contributed by atoms with E-state index in [0.717, 1.165) is 43.4 Å². The van der Waals surface area contributed by atoms with Gasteiger partial charge in [-0.05, 0) is 62.7 Å². The van der Waals surface area contributed by atoms with Crippen molar-refractivity contribution in [2.45, 2.75) is 51.4 Å². The molecule has 0 aliphatic heterocycles. The molecule has 0 unspecified atom stereocenters. The van der Waals surface area contributed by atoms with Crippen LogP contribution in [-0.4, -0.2) is 23.5 Å². The van der Waals surface area contributed by atoms with Gasteiger partial charge in [0, 0.05) is 18.4 Å². The Balaban J connectivity index is 1.52. The number of oxime groups is 1. The highest BCUT2D eigenvalue weighted by Crippen LogP contribution is 2.60. The van der Waals surface area contributed by atoms with Gasteiger partial charge in [-0.15, -0.1) is 0 Å². The summed E-state index contributed by atoms with van der Waals surface area (Å²) in [6, 6.07) is 0. The molecule has 112 valence electrons. The predicted molar refractivity (Wildman–Crippen MR) is 76.3 cm³/mol. The normalized spacial score (nSPS) is 39.0. The molecule has 1 amide bonds. The molecule has 0 radical (unpaired) electrons. The van der Waals surface area contributed by atoms with E-state index in [1.54, 1.807) is 0 Å². The number of amidine groups is 1. The largest absolute Gasteiger partial charge is 0.409 e. The maximum atomic E-state index is 12.6. The summed E-state index contributed by atoms with van der Waals surface area (Å²) in [6.07, 6.45) is 8.63. The molecule has 4 aliphatic rings. The van der Waals surface area contributed by atoms with Gasteiger partial charge >= 0.3 is 0 Å². The van der Waals surface area contributed by atoms with Gasteiger partial charge in [0.05, 0.1) is 0 Å². The van der Waals surface area contributed by atoms with Crippen molar-refractivity contribution < 1.29 is 10.0 Å². The zero-order chi connectivity index (χ0) is 14.2. The van der Waals surface area contributed by atoms with Gasteiger partial charge in [0.1, 0.15) is 5.84 Å². The van der Waals surface area contributed by atoms with Crippen molar-refractivity contribution in [2.75, 3.05) is 6.54 Å². The van der Waals surface area contributed by atoms with Gasteiger partial charge in [0.2, 0.25) is 5.91 Å². The van der Waals surface area contributed by atoms with Crippen LogP contribution in [0, 0.1) is 23.2 Å². The monoisotopic (exact) mass is 279 g/mol. The maximum absolute atomic E-state index is 12.6. The third-order valence-electron chi connectivity index (χ3n) is 5.54. The molecule has 5 heteroatoms. The first-order valence-electron chi connectivity index (χ1n) is 7.86. The Labute approximate surface area is 120 Å². The van der Waals surface area contributed by atoms with Crippen molar-refractivity contribution in [1.82, 2.24) is 5.32 Å². The van der Waals surface area contributed by atoms with E-state index in [2.05, 4.69) is 10.5 Å². The predicted octanol–water partition coefficient (Wildman–Crippen LogP) is 1.85. The van der Waals surface area contributed by atoms with Gasteiger partial charge in [-0.3, -0.25) is 4.79 Å². The summed E-state index contributed by atoms with van der Waals surface area (Å²) in [7, 11) is 0. The van der Waals surface area contributed by atoms with E-state index in [0.29, 0.717) is 13.0 Å². The number of amides is 1. The topological polar surface area (TPSA) is 87.7 Å². The number of hydrogen-bond donors (Lipinski definition) is 3. The van der Waals surface area contributed by atoms with Crippen molar-refractivity contribution in [3.05, 3.63) is 0 Å². The molecule has 0 heterocycles. The first-order chi connectivity index (χ1) is 9.61. The van der Waals surface area contributed by atoms with Crippen molar-refractivity contribution >= 4 is 11.7 Å². The quantitative estimate of drug-likeness (QED) is 0.236. The van der Waals surface area contributed by atoms with Gasteiger partial charge in [0.25, 0.3) is 0 Å². The molecule has 4 fully saturated rings. The minimum absolute atomic E-state index is 0.0641. The second kappa shape index (κ2) is 5.26. The molecule has 0 aromatic heterocycles. The highest BCUT2D eigenvalue weighted by molar-refractivity contribution is 5.83. The second-order valence-electron chi connectivity index (χ2n) is 7.15. The number of nitrogens with zero attached hydrogens (tertiary/aromatic N) is 1. The summed E-state index contributed by atoms with van der Waals surface area (Å²) in [4.78, 5) is 12.6. The van der Waals surface area contributed by atoms with Crippen LogP contribution in [0.1, 0.15) is 51.4 Å². The molecule has 0 aromatic rings. The van der Waals surface area contributed by atoms with Crippen LogP contribution in [0.4, 0.5) is 0 Å². The average molecular weight is 279 g/mol. The first kappa shape index (κ1) is 13.7. The fraction of sp³-hybridized carbons (Fsp3) is 0.867. The molecular weight excluding hydrogens is 254 g/mol. The van der Waals surface area contributed by atoms with Gasteiger partial charge in [0.15, 0.2) is 0 Å². The van der Waals surface area contributed by atoms with E-state index in [1.165, 1.54) is 19.3 Å². The van der Waals surface area contributed by atoms with Gasteiger partial charge in [-0.25, -0.2) is 0 Å². The Bertz CT molecular complexity index is 384. The molecule has 0 saturated heterocycles. The molecule has 4 bridgehead atoms. The van der Waals surface area contributed by atoms with E-state index in [4.69, 9.17) is 10.9 Å². The van der Waals surface area contributed by atoms with Crippen LogP contribution in [0.2, 0.25) is 0 Å². The maximum Gasteiger partial charge on any atom is 0.226 e. The Morgan fingerprint density at radius 3 is 2.25 bits per heavy atom. The summed E-state index contributed by atoms with van der Waals surface area (Å²) in [6.45, 7) is 0.622. The number of carbonyl (C=O) groups excluding carboxylic acids is 1. The Morgan fingerprint density at radius 1 is 1.20 bits per heavy atom. The highest BCUT2D eigenvalue weighted by atomic mass is 16.4. The van der Waals surface area contributed by atoms with Crippen molar-refractivity contribution in [3.63, 3.8) is 0 Å². The SMILES string of the molecule is NC(CCCNC(=O)C12CC3CC(CC(C3)C1)C2)=NO. The van der Waals surface area contributed by atoms with E-state index in [9.17, 15) is 4.79 Å². The molecule has 4 N–H and O–H groups in total. The zero-order valence-electron chi connectivity index (χ0n) is 12.0. The number of nitrogens with one attached hydrogen (secondary N) is 1. The minimum Gasteiger partial charge on any atom is -0.409 e. The van der Waals surface area contributed by atoms with Crippen LogP contribution >= 0.6 is 0 Å². The van der Waals surface area contributed by atoms with Crippen molar-refractivity contribution in [1.29, 1.82) is 0 Å². The molecule has 5 nitrogen and oxygen atoms in total. The number of rotatable bonds is 5.